The van der Waals surface area contributed by atoms with E-state index >= 15 is 0 Å². The van der Waals surface area contributed by atoms with Crippen molar-refractivity contribution in [1.82, 2.24) is 19.6 Å². The quantitative estimate of drug-likeness (QED) is 0.703. The fraction of sp³-hybridized carbons (Fsp3) is 0.278. The van der Waals surface area contributed by atoms with Crippen LogP contribution in [0.1, 0.15) is 34.2 Å². The van der Waals surface area contributed by atoms with Crippen molar-refractivity contribution in [3.05, 3.63) is 63.2 Å². The fourth-order valence-corrected chi connectivity index (χ4v) is 3.00. The summed E-state index contributed by atoms with van der Waals surface area (Å²) in [5, 5.41) is 12.6. The van der Waals surface area contributed by atoms with E-state index in [9.17, 15) is 4.79 Å². The van der Waals surface area contributed by atoms with Gasteiger partial charge >= 0.3 is 0 Å². The molecule has 0 fully saturated rings. The Morgan fingerprint density at radius 2 is 2.00 bits per heavy atom. The number of benzene rings is 1. The van der Waals surface area contributed by atoms with Crippen LogP contribution in [-0.4, -0.2) is 25.5 Å². The van der Waals surface area contributed by atoms with Crippen LogP contribution in [0.25, 0.3) is 0 Å². The van der Waals surface area contributed by atoms with Gasteiger partial charge in [-0.05, 0) is 38.5 Å². The van der Waals surface area contributed by atoms with E-state index in [4.69, 9.17) is 23.2 Å². The second-order valence-electron chi connectivity index (χ2n) is 5.99. The van der Waals surface area contributed by atoms with Gasteiger partial charge in [0.1, 0.15) is 0 Å². The first-order chi connectivity index (χ1) is 12.4. The maximum absolute atomic E-state index is 12.5. The van der Waals surface area contributed by atoms with Crippen LogP contribution >= 0.6 is 23.2 Å². The third-order valence-electron chi connectivity index (χ3n) is 4.16. The highest BCUT2D eigenvalue weighted by molar-refractivity contribution is 6.42. The number of hydrogen-bond acceptors (Lipinski definition) is 3. The van der Waals surface area contributed by atoms with Crippen molar-refractivity contribution in [3.8, 4) is 0 Å². The molecule has 0 aliphatic carbocycles. The van der Waals surface area contributed by atoms with E-state index in [-0.39, 0.29) is 5.91 Å². The van der Waals surface area contributed by atoms with Gasteiger partial charge in [0.05, 0.1) is 45.4 Å². The predicted molar refractivity (Wildman–Crippen MR) is 103 cm³/mol. The van der Waals surface area contributed by atoms with Crippen LogP contribution in [0.2, 0.25) is 10.0 Å². The van der Waals surface area contributed by atoms with E-state index in [0.717, 1.165) is 17.0 Å². The molecule has 1 aromatic carbocycles. The maximum atomic E-state index is 12.5. The van der Waals surface area contributed by atoms with Crippen LogP contribution in [0.3, 0.4) is 0 Å². The molecule has 0 aliphatic rings. The van der Waals surface area contributed by atoms with Crippen LogP contribution in [-0.2, 0) is 13.1 Å². The molecule has 1 N–H and O–H groups in total. The average molecular weight is 392 g/mol. The zero-order valence-corrected chi connectivity index (χ0v) is 16.3. The molecule has 0 bridgehead atoms. The Bertz CT molecular complexity index is 961. The molecule has 1 amide bonds. The summed E-state index contributed by atoms with van der Waals surface area (Å²) >= 11 is 12.0. The minimum absolute atomic E-state index is 0.204. The molecule has 136 valence electrons. The van der Waals surface area contributed by atoms with E-state index in [1.54, 1.807) is 23.1 Å². The molecular formula is C18H19Cl2N5O. The van der Waals surface area contributed by atoms with Crippen molar-refractivity contribution in [2.24, 2.45) is 0 Å². The summed E-state index contributed by atoms with van der Waals surface area (Å²) in [7, 11) is 0. The summed E-state index contributed by atoms with van der Waals surface area (Å²) in [5.41, 5.74) is 3.82. The smallest absolute Gasteiger partial charge is 0.258 e. The largest absolute Gasteiger partial charge is 0.319 e. The molecule has 0 radical (unpaired) electrons. The Kier molecular flexibility index (Phi) is 5.34. The third-order valence-corrected chi connectivity index (χ3v) is 4.89. The van der Waals surface area contributed by atoms with Crippen molar-refractivity contribution in [1.29, 1.82) is 0 Å². The summed E-state index contributed by atoms with van der Waals surface area (Å²) < 4.78 is 3.54. The SMILES string of the molecule is CCn1cc(C(=O)Nc2c(C)nn(Cc3ccc(Cl)c(Cl)c3)c2C)cn1. The van der Waals surface area contributed by atoms with Crippen LogP contribution in [0.5, 0.6) is 0 Å². The monoisotopic (exact) mass is 391 g/mol. The first-order valence-electron chi connectivity index (χ1n) is 8.20. The normalized spacial score (nSPS) is 11.0. The zero-order chi connectivity index (χ0) is 18.8. The number of carbonyl (C=O) groups excluding carboxylic acids is 1. The Balaban J connectivity index is 1.81. The molecular weight excluding hydrogens is 373 g/mol. The number of halogens is 2. The first kappa shape index (κ1) is 18.5. The lowest BCUT2D eigenvalue weighted by atomic mass is 10.2. The van der Waals surface area contributed by atoms with E-state index in [0.29, 0.717) is 34.4 Å². The number of rotatable bonds is 5. The number of anilines is 1. The van der Waals surface area contributed by atoms with Gasteiger partial charge in [-0.25, -0.2) is 0 Å². The van der Waals surface area contributed by atoms with Gasteiger partial charge in [0.2, 0.25) is 0 Å². The molecule has 6 nitrogen and oxygen atoms in total. The summed E-state index contributed by atoms with van der Waals surface area (Å²) in [6, 6.07) is 5.48. The molecule has 0 spiro atoms. The van der Waals surface area contributed by atoms with Gasteiger partial charge in [-0.2, -0.15) is 10.2 Å². The zero-order valence-electron chi connectivity index (χ0n) is 14.8. The van der Waals surface area contributed by atoms with Crippen molar-refractivity contribution >= 4 is 34.8 Å². The van der Waals surface area contributed by atoms with Crippen molar-refractivity contribution in [2.75, 3.05) is 5.32 Å². The van der Waals surface area contributed by atoms with Gasteiger partial charge < -0.3 is 5.32 Å². The Labute approximate surface area is 161 Å². The molecule has 0 saturated carbocycles. The van der Waals surface area contributed by atoms with Crippen molar-refractivity contribution < 1.29 is 4.79 Å². The first-order valence-corrected chi connectivity index (χ1v) is 8.96. The summed E-state index contributed by atoms with van der Waals surface area (Å²) in [6.45, 7) is 7.00. The van der Waals surface area contributed by atoms with Gasteiger partial charge in [-0.3, -0.25) is 14.2 Å². The number of nitrogens with one attached hydrogen (secondary N) is 1. The second kappa shape index (κ2) is 7.51. The molecule has 0 unspecified atom stereocenters. The number of aryl methyl sites for hydroxylation is 2. The van der Waals surface area contributed by atoms with Gasteiger partial charge in [-0.1, -0.05) is 29.3 Å². The lowest BCUT2D eigenvalue weighted by Gasteiger charge is -2.07. The lowest BCUT2D eigenvalue weighted by molar-refractivity contribution is 0.102. The number of carbonyl (C=O) groups is 1. The number of nitrogens with zero attached hydrogens (tertiary/aromatic N) is 4. The third kappa shape index (κ3) is 3.76. The highest BCUT2D eigenvalue weighted by Crippen LogP contribution is 2.25. The average Bonchev–Trinajstić information content (AvgIpc) is 3.19. The van der Waals surface area contributed by atoms with Gasteiger partial charge in [-0.15, -0.1) is 0 Å². The second-order valence-corrected chi connectivity index (χ2v) is 6.81. The number of hydrogen-bond donors (Lipinski definition) is 1. The molecule has 0 saturated heterocycles. The lowest BCUT2D eigenvalue weighted by Crippen LogP contribution is -2.13. The minimum atomic E-state index is -0.204. The predicted octanol–water partition coefficient (Wildman–Crippen LogP) is 4.32. The minimum Gasteiger partial charge on any atom is -0.319 e. The van der Waals surface area contributed by atoms with Crippen LogP contribution < -0.4 is 5.32 Å². The topological polar surface area (TPSA) is 64.7 Å². The Morgan fingerprint density at radius 1 is 1.23 bits per heavy atom. The van der Waals surface area contributed by atoms with Crippen LogP contribution in [0, 0.1) is 13.8 Å². The van der Waals surface area contributed by atoms with Gasteiger partial charge in [0, 0.05) is 12.7 Å². The molecule has 8 heteroatoms. The number of aromatic nitrogens is 4. The summed E-state index contributed by atoms with van der Waals surface area (Å²) in [4.78, 5) is 12.5. The van der Waals surface area contributed by atoms with E-state index in [1.165, 1.54) is 0 Å². The van der Waals surface area contributed by atoms with Crippen molar-refractivity contribution in [2.45, 2.75) is 33.9 Å². The Morgan fingerprint density at radius 3 is 2.65 bits per heavy atom. The van der Waals surface area contributed by atoms with E-state index in [1.807, 2.05) is 37.6 Å². The van der Waals surface area contributed by atoms with Crippen molar-refractivity contribution in [3.63, 3.8) is 0 Å². The highest BCUT2D eigenvalue weighted by atomic mass is 35.5. The molecule has 26 heavy (non-hydrogen) atoms. The summed E-state index contributed by atoms with van der Waals surface area (Å²) in [5.74, 6) is -0.204. The molecule has 3 rings (SSSR count). The number of amides is 1. The Hall–Kier alpha value is -2.31. The van der Waals surface area contributed by atoms with Crippen LogP contribution in [0.15, 0.2) is 30.6 Å². The molecule has 0 aliphatic heterocycles. The van der Waals surface area contributed by atoms with E-state index in [2.05, 4.69) is 15.5 Å². The summed E-state index contributed by atoms with van der Waals surface area (Å²) in [6.07, 6.45) is 3.28. The molecule has 3 aromatic rings. The van der Waals surface area contributed by atoms with E-state index < -0.39 is 0 Å². The molecule has 0 atom stereocenters. The van der Waals surface area contributed by atoms with Gasteiger partial charge in [0.15, 0.2) is 0 Å². The van der Waals surface area contributed by atoms with Crippen LogP contribution in [0.4, 0.5) is 5.69 Å². The molecule has 2 heterocycles. The highest BCUT2D eigenvalue weighted by Gasteiger charge is 2.16. The molecule has 2 aromatic heterocycles. The fourth-order valence-electron chi connectivity index (χ4n) is 2.68. The standard InChI is InChI=1S/C18H19Cl2N5O/c1-4-24-10-14(8-21-24)18(26)22-17-11(2)23-25(12(17)3)9-13-5-6-15(19)16(20)7-13/h5-8,10H,4,9H2,1-3H3,(H,22,26). The van der Waals surface area contributed by atoms with Gasteiger partial charge in [0.25, 0.3) is 5.91 Å². The maximum Gasteiger partial charge on any atom is 0.258 e.